The van der Waals surface area contributed by atoms with Gasteiger partial charge in [-0.3, -0.25) is 4.79 Å². The van der Waals surface area contributed by atoms with Crippen LogP contribution in [0.5, 0.6) is 5.75 Å². The molecule has 3 nitrogen and oxygen atoms in total. The van der Waals surface area contributed by atoms with E-state index in [1.807, 2.05) is 11.8 Å². The monoisotopic (exact) mass is 311 g/mol. The van der Waals surface area contributed by atoms with Crippen LogP contribution in [0.25, 0.3) is 0 Å². The van der Waals surface area contributed by atoms with E-state index < -0.39 is 0 Å². The van der Waals surface area contributed by atoms with Crippen LogP contribution in [0.3, 0.4) is 0 Å². The molecule has 2 atom stereocenters. The number of likely N-dealkylation sites (tertiary alicyclic amines) is 1. The summed E-state index contributed by atoms with van der Waals surface area (Å²) in [5.41, 5.74) is 1.51. The molecule has 2 rings (SSSR count). The number of hydrogen-bond acceptors (Lipinski definition) is 2. The van der Waals surface area contributed by atoms with Gasteiger partial charge >= 0.3 is 0 Å². The maximum Gasteiger partial charge on any atom is 0.254 e. The number of nitrogens with zero attached hydrogens (tertiary/aromatic N) is 1. The Balaban J connectivity index is 2.26. The maximum absolute atomic E-state index is 12.5. The third-order valence-corrected chi connectivity index (χ3v) is 4.41. The van der Waals surface area contributed by atoms with Crippen molar-refractivity contribution in [3.05, 3.63) is 29.3 Å². The molecule has 1 aromatic rings. The second-order valence-corrected chi connectivity index (χ2v) is 5.63. The van der Waals surface area contributed by atoms with Crippen molar-refractivity contribution in [1.82, 2.24) is 4.90 Å². The number of aromatic hydroxyl groups is 1. The predicted octanol–water partition coefficient (Wildman–Crippen LogP) is 2.95. The standard InChI is InChI=1S/C14H18BrNO2/c1-9-5-6-16(13(9)8-15)14(18)12-4-3-11(17)7-10(12)2/h3-4,7,9,13,17H,5-6,8H2,1-2H3. The van der Waals surface area contributed by atoms with E-state index in [0.717, 1.165) is 23.9 Å². The fourth-order valence-electron chi connectivity index (χ4n) is 2.54. The fraction of sp³-hybridized carbons (Fsp3) is 0.500. The van der Waals surface area contributed by atoms with Crippen molar-refractivity contribution in [2.75, 3.05) is 11.9 Å². The van der Waals surface area contributed by atoms with Crippen LogP contribution in [0, 0.1) is 12.8 Å². The third-order valence-electron chi connectivity index (χ3n) is 3.74. The Morgan fingerprint density at radius 2 is 2.28 bits per heavy atom. The number of phenolic OH excluding ortho intramolecular Hbond substituents is 1. The molecule has 1 N–H and O–H groups in total. The van der Waals surface area contributed by atoms with Crippen LogP contribution in [-0.2, 0) is 0 Å². The van der Waals surface area contributed by atoms with Crippen molar-refractivity contribution in [3.63, 3.8) is 0 Å². The first kappa shape index (κ1) is 13.4. The first-order chi connectivity index (χ1) is 8.54. The number of carbonyl (C=O) groups is 1. The van der Waals surface area contributed by atoms with Crippen LogP contribution in [0.1, 0.15) is 29.3 Å². The van der Waals surface area contributed by atoms with Crippen LogP contribution in [0.15, 0.2) is 18.2 Å². The summed E-state index contributed by atoms with van der Waals surface area (Å²) in [5, 5.41) is 10.2. The molecule has 1 fully saturated rings. The van der Waals surface area contributed by atoms with Crippen LogP contribution in [0.2, 0.25) is 0 Å². The molecule has 0 spiro atoms. The summed E-state index contributed by atoms with van der Waals surface area (Å²) in [7, 11) is 0. The first-order valence-corrected chi connectivity index (χ1v) is 7.33. The Morgan fingerprint density at radius 3 is 2.89 bits per heavy atom. The van der Waals surface area contributed by atoms with E-state index >= 15 is 0 Å². The van der Waals surface area contributed by atoms with Gasteiger partial charge in [-0.2, -0.15) is 0 Å². The van der Waals surface area contributed by atoms with Gasteiger partial charge in [-0.1, -0.05) is 22.9 Å². The molecule has 4 heteroatoms. The molecule has 1 saturated heterocycles. The highest BCUT2D eigenvalue weighted by Gasteiger charge is 2.34. The summed E-state index contributed by atoms with van der Waals surface area (Å²) in [6, 6.07) is 5.19. The summed E-state index contributed by atoms with van der Waals surface area (Å²) in [6.07, 6.45) is 1.05. The van der Waals surface area contributed by atoms with Crippen molar-refractivity contribution in [2.24, 2.45) is 5.92 Å². The van der Waals surface area contributed by atoms with E-state index in [9.17, 15) is 9.90 Å². The number of rotatable bonds is 2. The highest BCUT2D eigenvalue weighted by molar-refractivity contribution is 9.09. The number of benzene rings is 1. The van der Waals surface area contributed by atoms with Gasteiger partial charge in [0.15, 0.2) is 0 Å². The Kier molecular flexibility index (Phi) is 3.95. The Labute approximate surface area is 116 Å². The molecule has 0 aliphatic carbocycles. The van der Waals surface area contributed by atoms with Crippen molar-refractivity contribution >= 4 is 21.8 Å². The average Bonchev–Trinajstić information content (AvgIpc) is 2.69. The van der Waals surface area contributed by atoms with Crippen LogP contribution >= 0.6 is 15.9 Å². The summed E-state index contributed by atoms with van der Waals surface area (Å²) in [6.45, 7) is 4.86. The number of carbonyl (C=O) groups excluding carboxylic acids is 1. The summed E-state index contributed by atoms with van der Waals surface area (Å²) in [5.74, 6) is 0.808. The lowest BCUT2D eigenvalue weighted by Crippen LogP contribution is -2.38. The zero-order chi connectivity index (χ0) is 13.3. The van der Waals surface area contributed by atoms with Gasteiger partial charge in [-0.05, 0) is 43.0 Å². The van der Waals surface area contributed by atoms with Gasteiger partial charge in [0.25, 0.3) is 5.91 Å². The van der Waals surface area contributed by atoms with Crippen LogP contribution in [-0.4, -0.2) is 33.8 Å². The molecule has 0 radical (unpaired) electrons. The number of halogens is 1. The zero-order valence-corrected chi connectivity index (χ0v) is 12.3. The lowest BCUT2D eigenvalue weighted by atomic mass is 10.0. The summed E-state index contributed by atoms with van der Waals surface area (Å²) >= 11 is 3.49. The quantitative estimate of drug-likeness (QED) is 0.853. The molecule has 1 aromatic carbocycles. The second kappa shape index (κ2) is 5.31. The number of amides is 1. The topological polar surface area (TPSA) is 40.5 Å². The minimum Gasteiger partial charge on any atom is -0.508 e. The van der Waals surface area contributed by atoms with E-state index in [0.29, 0.717) is 11.5 Å². The first-order valence-electron chi connectivity index (χ1n) is 6.21. The van der Waals surface area contributed by atoms with Gasteiger partial charge in [-0.15, -0.1) is 0 Å². The molecule has 1 aliphatic heterocycles. The van der Waals surface area contributed by atoms with Crippen molar-refractivity contribution in [1.29, 1.82) is 0 Å². The molecular formula is C14H18BrNO2. The maximum atomic E-state index is 12.5. The number of phenols is 1. The minimum absolute atomic E-state index is 0.0706. The molecule has 2 unspecified atom stereocenters. The van der Waals surface area contributed by atoms with Gasteiger partial charge in [0.05, 0.1) is 0 Å². The zero-order valence-electron chi connectivity index (χ0n) is 10.7. The fourth-order valence-corrected chi connectivity index (χ4v) is 3.53. The smallest absolute Gasteiger partial charge is 0.254 e. The van der Waals surface area contributed by atoms with Crippen LogP contribution < -0.4 is 0 Å². The lowest BCUT2D eigenvalue weighted by molar-refractivity contribution is 0.0738. The summed E-state index contributed by atoms with van der Waals surface area (Å²) < 4.78 is 0. The molecule has 0 saturated carbocycles. The van der Waals surface area contributed by atoms with E-state index in [2.05, 4.69) is 22.9 Å². The van der Waals surface area contributed by atoms with Gasteiger partial charge in [0.1, 0.15) is 5.75 Å². The molecule has 0 bridgehead atoms. The van der Waals surface area contributed by atoms with Crippen molar-refractivity contribution in [3.8, 4) is 5.75 Å². The van der Waals surface area contributed by atoms with Gasteiger partial charge in [-0.25, -0.2) is 0 Å². The number of hydrogen-bond donors (Lipinski definition) is 1. The Hall–Kier alpha value is -1.03. The van der Waals surface area contributed by atoms with E-state index in [-0.39, 0.29) is 17.7 Å². The molecule has 1 heterocycles. The molecule has 0 aromatic heterocycles. The normalized spacial score (nSPS) is 23.4. The lowest BCUT2D eigenvalue weighted by Gasteiger charge is -2.26. The van der Waals surface area contributed by atoms with Crippen LogP contribution in [0.4, 0.5) is 0 Å². The Bertz CT molecular complexity index is 461. The highest BCUT2D eigenvalue weighted by atomic mass is 79.9. The van der Waals surface area contributed by atoms with E-state index in [1.54, 1.807) is 18.2 Å². The van der Waals surface area contributed by atoms with Crippen molar-refractivity contribution < 1.29 is 9.90 Å². The largest absolute Gasteiger partial charge is 0.508 e. The Morgan fingerprint density at radius 1 is 1.56 bits per heavy atom. The molecule has 1 aliphatic rings. The minimum atomic E-state index is 0.0706. The van der Waals surface area contributed by atoms with Gasteiger partial charge in [0, 0.05) is 23.5 Å². The van der Waals surface area contributed by atoms with E-state index in [1.165, 1.54) is 0 Å². The third kappa shape index (κ3) is 2.39. The number of alkyl halides is 1. The number of aryl methyl sites for hydroxylation is 1. The summed E-state index contributed by atoms with van der Waals surface area (Å²) in [4.78, 5) is 14.5. The van der Waals surface area contributed by atoms with E-state index in [4.69, 9.17) is 0 Å². The highest BCUT2D eigenvalue weighted by Crippen LogP contribution is 2.28. The SMILES string of the molecule is Cc1cc(O)ccc1C(=O)N1CCC(C)C1CBr. The molecule has 98 valence electrons. The van der Waals surface area contributed by atoms with Gasteiger partial charge in [0.2, 0.25) is 0 Å². The molecule has 18 heavy (non-hydrogen) atoms. The predicted molar refractivity (Wildman–Crippen MR) is 75.2 cm³/mol. The second-order valence-electron chi connectivity index (χ2n) is 4.99. The molecular weight excluding hydrogens is 294 g/mol. The van der Waals surface area contributed by atoms with Crippen molar-refractivity contribution in [2.45, 2.75) is 26.3 Å². The molecule has 1 amide bonds. The van der Waals surface area contributed by atoms with Gasteiger partial charge < -0.3 is 10.0 Å². The average molecular weight is 312 g/mol.